The Hall–Kier alpha value is -3.46. The molecule has 2 bridgehead atoms. The van der Waals surface area contributed by atoms with Gasteiger partial charge in [0.15, 0.2) is 5.82 Å². The lowest BCUT2D eigenvalue weighted by atomic mass is 9.70. The summed E-state index contributed by atoms with van der Waals surface area (Å²) in [5, 5.41) is 9.62. The highest BCUT2D eigenvalue weighted by atomic mass is 16.5. The standard InChI is InChI=1S/C27H32N4O5/c1-16(2)10-13-31-22(24(33)28-15-18-8-6-5-7-9-18)27-12-11-26(4,36-27)20(21(27)25(31)34)23(32)29-19-14-17(3)35-30-19/h5-9,11-12,14,16,20-22H,10,13,15H2,1-4H3,(H,28,33)(H,29,30,32)/t20-,21+,22-,26+,27+/m0/s1. The molecule has 0 aliphatic carbocycles. The van der Waals surface area contributed by atoms with Gasteiger partial charge in [-0.25, -0.2) is 0 Å². The Morgan fingerprint density at radius 1 is 1.17 bits per heavy atom. The molecule has 2 saturated heterocycles. The molecule has 190 valence electrons. The van der Waals surface area contributed by atoms with Crippen LogP contribution in [0, 0.1) is 24.7 Å². The first-order valence-electron chi connectivity index (χ1n) is 12.4. The first kappa shape index (κ1) is 24.2. The second-order valence-corrected chi connectivity index (χ2v) is 10.6. The molecule has 2 N–H and O–H groups in total. The Morgan fingerprint density at radius 3 is 2.58 bits per heavy atom. The van der Waals surface area contributed by atoms with Gasteiger partial charge >= 0.3 is 0 Å². The average Bonchev–Trinajstić information content (AvgIpc) is 3.54. The summed E-state index contributed by atoms with van der Waals surface area (Å²) in [5.41, 5.74) is -1.28. The summed E-state index contributed by atoms with van der Waals surface area (Å²) in [7, 11) is 0. The van der Waals surface area contributed by atoms with Crippen LogP contribution in [-0.2, 0) is 25.7 Å². The van der Waals surface area contributed by atoms with E-state index in [4.69, 9.17) is 9.26 Å². The van der Waals surface area contributed by atoms with Crippen molar-refractivity contribution in [3.8, 4) is 0 Å². The largest absolute Gasteiger partial charge is 0.360 e. The molecular formula is C27H32N4O5. The van der Waals surface area contributed by atoms with Gasteiger partial charge < -0.3 is 24.8 Å². The smallest absolute Gasteiger partial charge is 0.246 e. The number of carbonyl (C=O) groups excluding carboxylic acids is 3. The third-order valence-electron chi connectivity index (χ3n) is 7.46. The van der Waals surface area contributed by atoms with Crippen LogP contribution in [0.5, 0.6) is 0 Å². The monoisotopic (exact) mass is 492 g/mol. The predicted octanol–water partition coefficient (Wildman–Crippen LogP) is 2.82. The van der Waals surface area contributed by atoms with Crippen molar-refractivity contribution in [1.82, 2.24) is 15.4 Å². The topological polar surface area (TPSA) is 114 Å². The van der Waals surface area contributed by atoms with Crippen LogP contribution in [-0.4, -0.2) is 51.6 Å². The summed E-state index contributed by atoms with van der Waals surface area (Å²) in [4.78, 5) is 42.7. The molecule has 1 aromatic carbocycles. The Morgan fingerprint density at radius 2 is 1.92 bits per heavy atom. The first-order chi connectivity index (χ1) is 17.1. The number of fused-ring (bicyclic) bond motifs is 1. The fourth-order valence-corrected chi connectivity index (χ4v) is 5.78. The number of aromatic nitrogens is 1. The molecule has 0 radical (unpaired) electrons. The number of aryl methyl sites for hydroxylation is 1. The maximum atomic E-state index is 13.9. The van der Waals surface area contributed by atoms with Gasteiger partial charge in [0.1, 0.15) is 17.4 Å². The zero-order valence-electron chi connectivity index (χ0n) is 21.0. The van der Waals surface area contributed by atoms with Crippen LogP contribution in [0.2, 0.25) is 0 Å². The van der Waals surface area contributed by atoms with E-state index in [1.165, 1.54) is 0 Å². The van der Waals surface area contributed by atoms with E-state index in [-0.39, 0.29) is 23.5 Å². The number of rotatable bonds is 8. The van der Waals surface area contributed by atoms with Gasteiger partial charge in [-0.05, 0) is 31.7 Å². The predicted molar refractivity (Wildman–Crippen MR) is 131 cm³/mol. The van der Waals surface area contributed by atoms with Crippen LogP contribution in [0.25, 0.3) is 0 Å². The second-order valence-electron chi connectivity index (χ2n) is 10.6. The molecule has 2 fully saturated rings. The van der Waals surface area contributed by atoms with E-state index in [1.807, 2.05) is 42.5 Å². The molecule has 36 heavy (non-hydrogen) atoms. The Kier molecular flexibility index (Phi) is 5.98. The molecule has 3 amide bonds. The molecule has 3 aliphatic heterocycles. The van der Waals surface area contributed by atoms with Gasteiger partial charge in [-0.15, -0.1) is 0 Å². The minimum absolute atomic E-state index is 0.236. The highest BCUT2D eigenvalue weighted by molar-refractivity contribution is 6.03. The zero-order valence-corrected chi connectivity index (χ0v) is 21.0. The molecule has 2 aromatic rings. The van der Waals surface area contributed by atoms with Crippen LogP contribution >= 0.6 is 0 Å². The third kappa shape index (κ3) is 3.91. The van der Waals surface area contributed by atoms with Gasteiger partial charge in [0.25, 0.3) is 0 Å². The van der Waals surface area contributed by atoms with E-state index in [1.54, 1.807) is 24.8 Å². The number of hydrogen-bond acceptors (Lipinski definition) is 6. The van der Waals surface area contributed by atoms with Crippen molar-refractivity contribution >= 4 is 23.5 Å². The minimum Gasteiger partial charge on any atom is -0.360 e. The van der Waals surface area contributed by atoms with E-state index < -0.39 is 29.1 Å². The van der Waals surface area contributed by atoms with Gasteiger partial charge in [-0.3, -0.25) is 14.4 Å². The molecule has 1 aromatic heterocycles. The van der Waals surface area contributed by atoms with Crippen molar-refractivity contribution in [3.63, 3.8) is 0 Å². The van der Waals surface area contributed by atoms with Crippen molar-refractivity contribution in [2.24, 2.45) is 17.8 Å². The van der Waals surface area contributed by atoms with Crippen LogP contribution in [0.1, 0.15) is 38.5 Å². The van der Waals surface area contributed by atoms with Crippen molar-refractivity contribution in [1.29, 1.82) is 0 Å². The fraction of sp³-hybridized carbons (Fsp3) is 0.481. The van der Waals surface area contributed by atoms with E-state index in [0.29, 0.717) is 24.8 Å². The summed E-state index contributed by atoms with van der Waals surface area (Å²) in [6.45, 7) is 8.41. The molecule has 0 saturated carbocycles. The highest BCUT2D eigenvalue weighted by Crippen LogP contribution is 2.59. The van der Waals surface area contributed by atoms with Crippen molar-refractivity contribution in [2.45, 2.75) is 57.9 Å². The Bertz CT molecular complexity index is 1210. The maximum absolute atomic E-state index is 13.9. The molecule has 0 unspecified atom stereocenters. The number of anilines is 1. The van der Waals surface area contributed by atoms with Crippen LogP contribution in [0.15, 0.2) is 53.1 Å². The zero-order chi connectivity index (χ0) is 25.7. The molecule has 5 atom stereocenters. The van der Waals surface area contributed by atoms with Crippen molar-refractivity contribution in [3.05, 3.63) is 59.9 Å². The van der Waals surface area contributed by atoms with Crippen molar-refractivity contribution in [2.75, 3.05) is 11.9 Å². The van der Waals surface area contributed by atoms with Gasteiger partial charge in [0.2, 0.25) is 17.7 Å². The molecule has 9 nitrogen and oxygen atoms in total. The summed E-state index contributed by atoms with van der Waals surface area (Å²) >= 11 is 0. The van der Waals surface area contributed by atoms with Gasteiger partial charge in [0, 0.05) is 19.2 Å². The molecule has 3 aliphatic rings. The number of benzene rings is 1. The number of amides is 3. The summed E-state index contributed by atoms with van der Waals surface area (Å²) in [6, 6.07) is 10.3. The van der Waals surface area contributed by atoms with Crippen molar-refractivity contribution < 1.29 is 23.6 Å². The number of ether oxygens (including phenoxy) is 1. The minimum atomic E-state index is -1.22. The first-order valence-corrected chi connectivity index (χ1v) is 12.4. The average molecular weight is 493 g/mol. The molecule has 1 spiro atoms. The lowest BCUT2D eigenvalue weighted by Crippen LogP contribution is -2.54. The van der Waals surface area contributed by atoms with E-state index >= 15 is 0 Å². The number of nitrogens with one attached hydrogen (secondary N) is 2. The number of nitrogens with zero attached hydrogens (tertiary/aromatic N) is 2. The van der Waals surface area contributed by atoms with E-state index in [2.05, 4.69) is 29.6 Å². The van der Waals surface area contributed by atoms with Gasteiger partial charge in [-0.1, -0.05) is 61.5 Å². The normalized spacial score (nSPS) is 30.2. The number of carbonyl (C=O) groups is 3. The summed E-state index contributed by atoms with van der Waals surface area (Å²) in [5.74, 6) is -1.38. The Balaban J connectivity index is 1.46. The maximum Gasteiger partial charge on any atom is 0.246 e. The second kappa shape index (κ2) is 8.89. The third-order valence-corrected chi connectivity index (χ3v) is 7.46. The summed E-state index contributed by atoms with van der Waals surface area (Å²) < 4.78 is 11.6. The number of hydrogen-bond donors (Lipinski definition) is 2. The van der Waals surface area contributed by atoms with E-state index in [9.17, 15) is 14.4 Å². The lowest BCUT2D eigenvalue weighted by Gasteiger charge is -2.33. The fourth-order valence-electron chi connectivity index (χ4n) is 5.78. The number of likely N-dealkylation sites (tertiary alicyclic amines) is 1. The van der Waals surface area contributed by atoms with Crippen LogP contribution < -0.4 is 10.6 Å². The van der Waals surface area contributed by atoms with Gasteiger partial charge in [0.05, 0.1) is 17.4 Å². The molecular weight excluding hydrogens is 460 g/mol. The SMILES string of the molecule is Cc1cc(NC(=O)[C@@H]2[C@@H]3C(=O)N(CCC(C)C)[C@@H](C(=O)NCc4ccccc4)[C@@]34C=C[C@@]2(C)O4)no1. The molecule has 9 heteroatoms. The molecule has 5 rings (SSSR count). The lowest BCUT2D eigenvalue weighted by molar-refractivity contribution is -0.144. The Labute approximate surface area is 210 Å². The van der Waals surface area contributed by atoms with Crippen LogP contribution in [0.4, 0.5) is 5.82 Å². The highest BCUT2D eigenvalue weighted by Gasteiger charge is 2.76. The summed E-state index contributed by atoms with van der Waals surface area (Å²) in [6.07, 6.45) is 4.37. The van der Waals surface area contributed by atoms with Crippen LogP contribution in [0.3, 0.4) is 0 Å². The quantitative estimate of drug-likeness (QED) is 0.548. The van der Waals surface area contributed by atoms with Gasteiger partial charge in [-0.2, -0.15) is 0 Å². The molecule has 4 heterocycles. The van der Waals surface area contributed by atoms with E-state index in [0.717, 1.165) is 12.0 Å².